The minimum atomic E-state index is -0.407. The molecule has 0 saturated carbocycles. The molecule has 1 aromatic carbocycles. The van der Waals surface area contributed by atoms with Gasteiger partial charge in [-0.05, 0) is 12.1 Å². The van der Waals surface area contributed by atoms with Crippen molar-refractivity contribution in [1.82, 2.24) is 0 Å². The van der Waals surface area contributed by atoms with E-state index in [0.29, 0.717) is 16.5 Å². The van der Waals surface area contributed by atoms with E-state index in [1.165, 1.54) is 6.07 Å². The fourth-order valence-corrected chi connectivity index (χ4v) is 1.22. The maximum absolute atomic E-state index is 10.8. The van der Waals surface area contributed by atoms with Crippen molar-refractivity contribution in [2.75, 3.05) is 0 Å². The zero-order chi connectivity index (χ0) is 9.26. The fourth-order valence-electron chi connectivity index (χ4n) is 1.22. The van der Waals surface area contributed by atoms with Gasteiger partial charge < -0.3 is 4.42 Å². The molecule has 0 amide bonds. The van der Waals surface area contributed by atoms with E-state index in [1.54, 1.807) is 24.3 Å². The average molecular weight is 174 g/mol. The Hall–Kier alpha value is -1.90. The van der Waals surface area contributed by atoms with Gasteiger partial charge in [0.2, 0.25) is 0 Å². The van der Waals surface area contributed by atoms with Crippen molar-refractivity contribution in [2.45, 2.75) is 0 Å². The molecule has 0 radical (unpaired) electrons. The first-order valence-corrected chi connectivity index (χ1v) is 3.79. The van der Waals surface area contributed by atoms with Gasteiger partial charge in [-0.3, -0.25) is 4.79 Å². The molecular formula is C10H6O3. The van der Waals surface area contributed by atoms with Crippen LogP contribution in [0.15, 0.2) is 39.5 Å². The Labute approximate surface area is 73.6 Å². The quantitative estimate of drug-likeness (QED) is 0.487. The molecule has 64 valence electrons. The topological polar surface area (TPSA) is 47.3 Å². The number of carbonyl (C=O) groups is 1. The van der Waals surface area contributed by atoms with E-state index >= 15 is 0 Å². The van der Waals surface area contributed by atoms with E-state index in [1.807, 2.05) is 0 Å². The van der Waals surface area contributed by atoms with E-state index in [9.17, 15) is 9.59 Å². The molecule has 1 heterocycles. The third-order valence-corrected chi connectivity index (χ3v) is 1.82. The first-order chi connectivity index (χ1) is 6.31. The number of hydrogen-bond acceptors (Lipinski definition) is 3. The van der Waals surface area contributed by atoms with Gasteiger partial charge in [0.15, 0.2) is 6.29 Å². The van der Waals surface area contributed by atoms with Gasteiger partial charge in [0.05, 0.1) is 0 Å². The Kier molecular flexibility index (Phi) is 1.70. The van der Waals surface area contributed by atoms with Gasteiger partial charge in [0.25, 0.3) is 0 Å². The van der Waals surface area contributed by atoms with E-state index < -0.39 is 5.63 Å². The van der Waals surface area contributed by atoms with Crippen molar-refractivity contribution >= 4 is 17.3 Å². The van der Waals surface area contributed by atoms with Gasteiger partial charge in [0.1, 0.15) is 5.58 Å². The Morgan fingerprint density at radius 1 is 1.15 bits per heavy atom. The molecule has 0 aliphatic heterocycles. The summed E-state index contributed by atoms with van der Waals surface area (Å²) in [7, 11) is 0. The van der Waals surface area contributed by atoms with E-state index in [0.717, 1.165) is 6.29 Å². The first-order valence-electron chi connectivity index (χ1n) is 3.79. The molecule has 0 atom stereocenters. The van der Waals surface area contributed by atoms with Crippen molar-refractivity contribution in [3.63, 3.8) is 0 Å². The number of rotatable bonds is 1. The molecule has 13 heavy (non-hydrogen) atoms. The Morgan fingerprint density at radius 3 is 2.77 bits per heavy atom. The van der Waals surface area contributed by atoms with Gasteiger partial charge in [-0.1, -0.05) is 12.1 Å². The maximum atomic E-state index is 10.8. The van der Waals surface area contributed by atoms with Crippen LogP contribution in [0.2, 0.25) is 0 Å². The van der Waals surface area contributed by atoms with Crippen molar-refractivity contribution in [2.24, 2.45) is 0 Å². The summed E-state index contributed by atoms with van der Waals surface area (Å²) in [5.74, 6) is 0. The van der Waals surface area contributed by atoms with Crippen LogP contribution in [0, 0.1) is 0 Å². The molecule has 3 nitrogen and oxygen atoms in total. The van der Waals surface area contributed by atoms with Crippen LogP contribution in [0.5, 0.6) is 0 Å². The number of carbonyl (C=O) groups excluding carboxylic acids is 1. The lowest BCUT2D eigenvalue weighted by Crippen LogP contribution is -1.95. The standard InChI is InChI=1S/C10H6O3/c11-6-7-2-1-3-9-8(7)4-5-10(12)13-9/h1-6H. The zero-order valence-corrected chi connectivity index (χ0v) is 6.69. The van der Waals surface area contributed by atoms with E-state index in [-0.39, 0.29) is 0 Å². The summed E-state index contributed by atoms with van der Waals surface area (Å²) < 4.78 is 4.89. The first kappa shape index (κ1) is 7.73. The molecular weight excluding hydrogens is 168 g/mol. The van der Waals surface area contributed by atoms with Crippen LogP contribution in [0.3, 0.4) is 0 Å². The van der Waals surface area contributed by atoms with Crippen LogP contribution in [-0.4, -0.2) is 6.29 Å². The summed E-state index contributed by atoms with van der Waals surface area (Å²) in [5, 5.41) is 0.664. The molecule has 0 saturated heterocycles. The largest absolute Gasteiger partial charge is 0.423 e. The fraction of sp³-hybridized carbons (Fsp3) is 0. The monoisotopic (exact) mass is 174 g/mol. The maximum Gasteiger partial charge on any atom is 0.336 e. The predicted octanol–water partition coefficient (Wildman–Crippen LogP) is 1.61. The van der Waals surface area contributed by atoms with E-state index in [2.05, 4.69) is 0 Å². The number of benzene rings is 1. The normalized spacial score (nSPS) is 10.2. The van der Waals surface area contributed by atoms with Crippen molar-refractivity contribution in [3.05, 3.63) is 46.3 Å². The average Bonchev–Trinajstić information content (AvgIpc) is 2.16. The highest BCUT2D eigenvalue weighted by molar-refractivity contribution is 5.95. The Morgan fingerprint density at radius 2 is 2.00 bits per heavy atom. The van der Waals surface area contributed by atoms with Gasteiger partial charge in [-0.2, -0.15) is 0 Å². The highest BCUT2D eigenvalue weighted by Gasteiger charge is 2.00. The van der Waals surface area contributed by atoms with Crippen LogP contribution < -0.4 is 5.63 Å². The lowest BCUT2D eigenvalue weighted by Gasteiger charge is -1.96. The van der Waals surface area contributed by atoms with Crippen molar-refractivity contribution in [1.29, 1.82) is 0 Å². The second kappa shape index (κ2) is 2.86. The van der Waals surface area contributed by atoms with Crippen LogP contribution >= 0.6 is 0 Å². The summed E-state index contributed by atoms with van der Waals surface area (Å²) in [6.45, 7) is 0. The Balaban J connectivity index is 2.92. The van der Waals surface area contributed by atoms with Crippen LogP contribution in [0.4, 0.5) is 0 Å². The molecule has 2 rings (SSSR count). The molecule has 0 aliphatic carbocycles. The summed E-state index contributed by atoms with van der Waals surface area (Å²) in [6, 6.07) is 7.90. The molecule has 0 spiro atoms. The second-order valence-electron chi connectivity index (χ2n) is 2.63. The summed E-state index contributed by atoms with van der Waals surface area (Å²) in [5.41, 5.74) is 0.564. The van der Waals surface area contributed by atoms with Gasteiger partial charge in [0, 0.05) is 17.0 Å². The smallest absolute Gasteiger partial charge is 0.336 e. The van der Waals surface area contributed by atoms with Gasteiger partial charge >= 0.3 is 5.63 Å². The molecule has 0 unspecified atom stereocenters. The molecule has 0 aliphatic rings. The SMILES string of the molecule is O=Cc1cccc2oc(=O)ccc12. The minimum absolute atomic E-state index is 0.407. The minimum Gasteiger partial charge on any atom is -0.423 e. The van der Waals surface area contributed by atoms with E-state index in [4.69, 9.17) is 4.42 Å². The summed E-state index contributed by atoms with van der Waals surface area (Å²) >= 11 is 0. The molecule has 1 aromatic heterocycles. The third-order valence-electron chi connectivity index (χ3n) is 1.82. The van der Waals surface area contributed by atoms with Gasteiger partial charge in [-0.15, -0.1) is 0 Å². The summed E-state index contributed by atoms with van der Waals surface area (Å²) in [4.78, 5) is 21.4. The third kappa shape index (κ3) is 1.24. The van der Waals surface area contributed by atoms with Crippen LogP contribution in [-0.2, 0) is 0 Å². The number of fused-ring (bicyclic) bond motifs is 1. The molecule has 2 aromatic rings. The number of aldehydes is 1. The van der Waals surface area contributed by atoms with Gasteiger partial charge in [-0.25, -0.2) is 4.79 Å². The number of hydrogen-bond donors (Lipinski definition) is 0. The molecule has 0 N–H and O–H groups in total. The second-order valence-corrected chi connectivity index (χ2v) is 2.63. The zero-order valence-electron chi connectivity index (χ0n) is 6.69. The molecule has 0 fully saturated rings. The van der Waals surface area contributed by atoms with Crippen molar-refractivity contribution in [3.8, 4) is 0 Å². The van der Waals surface area contributed by atoms with Crippen LogP contribution in [0.1, 0.15) is 10.4 Å². The lowest BCUT2D eigenvalue weighted by molar-refractivity contribution is 0.112. The van der Waals surface area contributed by atoms with Crippen molar-refractivity contribution < 1.29 is 9.21 Å². The highest BCUT2D eigenvalue weighted by Crippen LogP contribution is 2.14. The molecule has 0 bridgehead atoms. The molecule has 3 heteroatoms. The highest BCUT2D eigenvalue weighted by atomic mass is 16.4. The van der Waals surface area contributed by atoms with Crippen LogP contribution in [0.25, 0.3) is 11.0 Å². The predicted molar refractivity (Wildman–Crippen MR) is 47.9 cm³/mol. The lowest BCUT2D eigenvalue weighted by atomic mass is 10.1. The summed E-state index contributed by atoms with van der Waals surface area (Å²) in [6.07, 6.45) is 0.738. The Bertz CT molecular complexity index is 511.